The van der Waals surface area contributed by atoms with Gasteiger partial charge in [-0.05, 0) is 18.6 Å². The first-order valence-electron chi connectivity index (χ1n) is 6.14. The van der Waals surface area contributed by atoms with Gasteiger partial charge in [0.05, 0.1) is 12.6 Å². The molecule has 0 radical (unpaired) electrons. The molecule has 0 fully saturated rings. The highest BCUT2D eigenvalue weighted by atomic mass is 16.5. The van der Waals surface area contributed by atoms with Crippen molar-refractivity contribution in [1.82, 2.24) is 4.57 Å². The number of aromatic nitrogens is 1. The van der Waals surface area contributed by atoms with Crippen molar-refractivity contribution in [1.29, 1.82) is 0 Å². The molecule has 0 spiro atoms. The van der Waals surface area contributed by atoms with Gasteiger partial charge in [0.1, 0.15) is 5.75 Å². The minimum atomic E-state index is -0.838. The smallest absolute Gasteiger partial charge is 0.303 e. The van der Waals surface area contributed by atoms with E-state index in [1.54, 1.807) is 7.11 Å². The molecule has 0 saturated heterocycles. The van der Waals surface area contributed by atoms with E-state index in [0.29, 0.717) is 6.42 Å². The molecule has 0 aliphatic rings. The highest BCUT2D eigenvalue weighted by molar-refractivity contribution is 5.88. The average molecular weight is 262 g/mol. The van der Waals surface area contributed by atoms with E-state index < -0.39 is 5.97 Å². The summed E-state index contributed by atoms with van der Waals surface area (Å²) in [6.07, 6.45) is 2.40. The monoisotopic (exact) mass is 262 g/mol. The molecule has 102 valence electrons. The van der Waals surface area contributed by atoms with Gasteiger partial charge >= 0.3 is 5.97 Å². The molecule has 1 heterocycles. The molecule has 2 aromatic rings. The van der Waals surface area contributed by atoms with Gasteiger partial charge in [-0.3, -0.25) is 4.79 Å². The number of methoxy groups -OCH3 is 1. The Morgan fingerprint density at radius 2 is 2.21 bits per heavy atom. The average Bonchev–Trinajstić information content (AvgIpc) is 2.76. The number of benzene rings is 1. The van der Waals surface area contributed by atoms with Crippen molar-refractivity contribution in [2.24, 2.45) is 12.8 Å². The van der Waals surface area contributed by atoms with Gasteiger partial charge in [0.25, 0.3) is 0 Å². The van der Waals surface area contributed by atoms with Gasteiger partial charge in [-0.15, -0.1) is 0 Å². The number of hydrogen-bond acceptors (Lipinski definition) is 3. The van der Waals surface area contributed by atoms with Gasteiger partial charge in [0, 0.05) is 36.7 Å². The van der Waals surface area contributed by atoms with Crippen LogP contribution in [0, 0.1) is 0 Å². The van der Waals surface area contributed by atoms with Crippen LogP contribution in [0.5, 0.6) is 5.75 Å². The Hall–Kier alpha value is -2.01. The number of nitrogens with zero attached hydrogens (tertiary/aromatic N) is 1. The molecule has 0 saturated carbocycles. The van der Waals surface area contributed by atoms with Gasteiger partial charge in [0.15, 0.2) is 0 Å². The first-order valence-corrected chi connectivity index (χ1v) is 6.14. The summed E-state index contributed by atoms with van der Waals surface area (Å²) in [4.78, 5) is 10.6. The van der Waals surface area contributed by atoms with Gasteiger partial charge in [-0.1, -0.05) is 6.07 Å². The predicted molar refractivity (Wildman–Crippen MR) is 73.3 cm³/mol. The normalized spacial score (nSPS) is 12.6. The summed E-state index contributed by atoms with van der Waals surface area (Å²) in [5, 5.41) is 9.71. The molecule has 1 aromatic heterocycles. The van der Waals surface area contributed by atoms with Crippen LogP contribution in [0.15, 0.2) is 24.4 Å². The number of hydrogen-bond donors (Lipinski definition) is 2. The van der Waals surface area contributed by atoms with Crippen LogP contribution in [0.3, 0.4) is 0 Å². The lowest BCUT2D eigenvalue weighted by atomic mass is 10.00. The van der Waals surface area contributed by atoms with Crippen LogP contribution in [-0.2, 0) is 11.8 Å². The van der Waals surface area contributed by atoms with Gasteiger partial charge in [-0.25, -0.2) is 0 Å². The topological polar surface area (TPSA) is 77.5 Å². The maximum absolute atomic E-state index is 10.6. The second-order valence-electron chi connectivity index (χ2n) is 4.59. The van der Waals surface area contributed by atoms with Crippen LogP contribution in [0.4, 0.5) is 0 Å². The first kappa shape index (κ1) is 13.4. The molecule has 0 amide bonds. The Morgan fingerprint density at radius 3 is 2.84 bits per heavy atom. The first-order chi connectivity index (χ1) is 9.04. The van der Waals surface area contributed by atoms with E-state index in [0.717, 1.165) is 22.2 Å². The fourth-order valence-electron chi connectivity index (χ4n) is 2.30. The standard InChI is InChI=1S/C14H18N2O3/c1-16-8-7-10-12(16)5-3-9(14(10)19-2)11(15)4-6-13(17)18/h3,5,7-8,11H,4,6,15H2,1-2H3,(H,17,18). The fraction of sp³-hybridized carbons (Fsp3) is 0.357. The molecule has 0 aliphatic carbocycles. The third kappa shape index (κ3) is 2.56. The van der Waals surface area contributed by atoms with Crippen LogP contribution in [0.2, 0.25) is 0 Å². The molecule has 0 bridgehead atoms. The molecule has 1 unspecified atom stereocenters. The zero-order valence-electron chi connectivity index (χ0n) is 11.1. The lowest BCUT2D eigenvalue weighted by Crippen LogP contribution is -2.13. The zero-order valence-corrected chi connectivity index (χ0v) is 11.1. The highest BCUT2D eigenvalue weighted by Crippen LogP contribution is 2.34. The predicted octanol–water partition coefficient (Wildman–Crippen LogP) is 2.05. The number of aryl methyl sites for hydroxylation is 1. The maximum Gasteiger partial charge on any atom is 0.303 e. The van der Waals surface area contributed by atoms with Crippen LogP contribution in [0.1, 0.15) is 24.4 Å². The minimum absolute atomic E-state index is 0.0527. The fourth-order valence-corrected chi connectivity index (χ4v) is 2.30. The van der Waals surface area contributed by atoms with E-state index in [1.165, 1.54) is 0 Å². The van der Waals surface area contributed by atoms with E-state index in [-0.39, 0.29) is 12.5 Å². The van der Waals surface area contributed by atoms with Gasteiger partial charge in [-0.2, -0.15) is 0 Å². The van der Waals surface area contributed by atoms with E-state index in [1.807, 2.05) is 36.0 Å². The summed E-state index contributed by atoms with van der Waals surface area (Å²) in [6.45, 7) is 0. The number of carboxylic acids is 1. The summed E-state index contributed by atoms with van der Waals surface area (Å²) in [5.74, 6) is -0.105. The van der Waals surface area contributed by atoms with Crippen molar-refractivity contribution in [2.45, 2.75) is 18.9 Å². The summed E-state index contributed by atoms with van der Waals surface area (Å²) in [6, 6.07) is 5.53. The summed E-state index contributed by atoms with van der Waals surface area (Å²) in [7, 11) is 3.57. The van der Waals surface area contributed by atoms with Crippen molar-refractivity contribution in [3.05, 3.63) is 30.0 Å². The molecule has 3 N–H and O–H groups in total. The number of carboxylic acid groups (broad SMARTS) is 1. The molecule has 5 heteroatoms. The molecule has 0 aliphatic heterocycles. The molecule has 19 heavy (non-hydrogen) atoms. The quantitative estimate of drug-likeness (QED) is 0.864. The summed E-state index contributed by atoms with van der Waals surface area (Å²) in [5.41, 5.74) is 7.98. The Bertz CT molecular complexity index is 604. The number of aliphatic carboxylic acids is 1. The molecular formula is C14H18N2O3. The Labute approximate surface area is 111 Å². The van der Waals surface area contributed by atoms with E-state index >= 15 is 0 Å². The Morgan fingerprint density at radius 1 is 1.47 bits per heavy atom. The molecule has 1 atom stereocenters. The van der Waals surface area contributed by atoms with E-state index in [4.69, 9.17) is 15.6 Å². The van der Waals surface area contributed by atoms with Crippen molar-refractivity contribution < 1.29 is 14.6 Å². The van der Waals surface area contributed by atoms with Crippen LogP contribution < -0.4 is 10.5 Å². The number of fused-ring (bicyclic) bond motifs is 1. The van der Waals surface area contributed by atoms with E-state index in [9.17, 15) is 4.79 Å². The van der Waals surface area contributed by atoms with Gasteiger partial charge < -0.3 is 20.1 Å². The molecule has 5 nitrogen and oxygen atoms in total. The second-order valence-corrected chi connectivity index (χ2v) is 4.59. The SMILES string of the molecule is COc1c(C(N)CCC(=O)O)ccc2c1ccn2C. The molecule has 1 aromatic carbocycles. The summed E-state index contributed by atoms with van der Waals surface area (Å²) >= 11 is 0. The lowest BCUT2D eigenvalue weighted by Gasteiger charge is -2.16. The number of rotatable bonds is 5. The maximum atomic E-state index is 10.6. The highest BCUT2D eigenvalue weighted by Gasteiger charge is 2.16. The Balaban J connectivity index is 2.39. The number of nitrogens with two attached hydrogens (primary N) is 1. The largest absolute Gasteiger partial charge is 0.496 e. The third-order valence-corrected chi connectivity index (χ3v) is 3.32. The second kappa shape index (κ2) is 5.32. The molecular weight excluding hydrogens is 244 g/mol. The van der Waals surface area contributed by atoms with Crippen molar-refractivity contribution >= 4 is 16.9 Å². The van der Waals surface area contributed by atoms with Crippen LogP contribution >= 0.6 is 0 Å². The lowest BCUT2D eigenvalue weighted by molar-refractivity contribution is -0.137. The van der Waals surface area contributed by atoms with Gasteiger partial charge in [0.2, 0.25) is 0 Å². The van der Waals surface area contributed by atoms with Crippen LogP contribution in [0.25, 0.3) is 10.9 Å². The number of ether oxygens (including phenoxy) is 1. The summed E-state index contributed by atoms with van der Waals surface area (Å²) < 4.78 is 7.46. The number of carbonyl (C=O) groups is 1. The third-order valence-electron chi connectivity index (χ3n) is 3.32. The van der Waals surface area contributed by atoms with Crippen molar-refractivity contribution in [3.8, 4) is 5.75 Å². The van der Waals surface area contributed by atoms with E-state index in [2.05, 4.69) is 0 Å². The van der Waals surface area contributed by atoms with Crippen molar-refractivity contribution in [2.75, 3.05) is 7.11 Å². The Kier molecular flexibility index (Phi) is 3.76. The molecule has 2 rings (SSSR count). The van der Waals surface area contributed by atoms with Crippen LogP contribution in [-0.4, -0.2) is 22.8 Å². The zero-order chi connectivity index (χ0) is 14.0. The van der Waals surface area contributed by atoms with Crippen molar-refractivity contribution in [3.63, 3.8) is 0 Å². The minimum Gasteiger partial charge on any atom is -0.496 e.